The number of aryl methyl sites for hydroxylation is 1. The number of rotatable bonds is 4. The first kappa shape index (κ1) is 11.7. The van der Waals surface area contributed by atoms with Crippen molar-refractivity contribution in [3.63, 3.8) is 0 Å². The molecule has 0 aliphatic rings. The number of hydrogen-bond acceptors (Lipinski definition) is 4. The minimum Gasteiger partial charge on any atom is -0.309 e. The predicted molar refractivity (Wildman–Crippen MR) is 65.9 cm³/mol. The topological polar surface area (TPSA) is 55.6 Å². The van der Waals surface area contributed by atoms with Crippen LogP contribution in [-0.4, -0.2) is 25.8 Å². The normalized spacial score (nSPS) is 11.1. The zero-order valence-electron chi connectivity index (χ0n) is 10.4. The van der Waals surface area contributed by atoms with Crippen molar-refractivity contribution in [1.82, 2.24) is 25.1 Å². The molecule has 0 saturated carbocycles. The first-order chi connectivity index (χ1) is 8.15. The van der Waals surface area contributed by atoms with E-state index in [4.69, 9.17) is 0 Å². The molecule has 0 fully saturated rings. The summed E-state index contributed by atoms with van der Waals surface area (Å²) in [5, 5.41) is 7.48. The van der Waals surface area contributed by atoms with E-state index < -0.39 is 0 Å². The SMILES string of the molecule is Cc1cc(CNC(C)C)nc(-n2cccn2)n1. The highest BCUT2D eigenvalue weighted by atomic mass is 15.3. The molecule has 0 amide bonds. The van der Waals surface area contributed by atoms with E-state index in [0.717, 1.165) is 17.9 Å². The lowest BCUT2D eigenvalue weighted by Gasteiger charge is -2.09. The van der Waals surface area contributed by atoms with E-state index in [0.29, 0.717) is 12.0 Å². The maximum Gasteiger partial charge on any atom is 0.250 e. The van der Waals surface area contributed by atoms with Crippen LogP contribution >= 0.6 is 0 Å². The van der Waals surface area contributed by atoms with Gasteiger partial charge in [0.05, 0.1) is 5.69 Å². The van der Waals surface area contributed by atoms with Gasteiger partial charge in [0.25, 0.3) is 5.95 Å². The van der Waals surface area contributed by atoms with E-state index in [1.165, 1.54) is 0 Å². The molecule has 0 bridgehead atoms. The highest BCUT2D eigenvalue weighted by Gasteiger charge is 2.04. The largest absolute Gasteiger partial charge is 0.309 e. The summed E-state index contributed by atoms with van der Waals surface area (Å²) in [7, 11) is 0. The van der Waals surface area contributed by atoms with Crippen LogP contribution in [0.15, 0.2) is 24.5 Å². The van der Waals surface area contributed by atoms with Crippen LogP contribution in [0.5, 0.6) is 0 Å². The highest BCUT2D eigenvalue weighted by Crippen LogP contribution is 2.04. The van der Waals surface area contributed by atoms with Gasteiger partial charge in [-0.2, -0.15) is 5.10 Å². The summed E-state index contributed by atoms with van der Waals surface area (Å²) in [5.74, 6) is 0.621. The second-order valence-corrected chi connectivity index (χ2v) is 4.29. The van der Waals surface area contributed by atoms with Gasteiger partial charge in [0, 0.05) is 30.7 Å². The van der Waals surface area contributed by atoms with E-state index in [1.54, 1.807) is 10.9 Å². The molecule has 0 atom stereocenters. The lowest BCUT2D eigenvalue weighted by molar-refractivity contribution is 0.578. The van der Waals surface area contributed by atoms with Crippen LogP contribution in [0.2, 0.25) is 0 Å². The molecule has 2 aromatic rings. The summed E-state index contributed by atoms with van der Waals surface area (Å²) in [4.78, 5) is 8.84. The third-order valence-corrected chi connectivity index (χ3v) is 2.30. The lowest BCUT2D eigenvalue weighted by atomic mass is 10.3. The number of nitrogens with zero attached hydrogens (tertiary/aromatic N) is 4. The average molecular weight is 231 g/mol. The number of nitrogens with one attached hydrogen (secondary N) is 1. The van der Waals surface area contributed by atoms with Gasteiger partial charge < -0.3 is 5.32 Å². The zero-order chi connectivity index (χ0) is 12.3. The van der Waals surface area contributed by atoms with Crippen molar-refractivity contribution in [2.75, 3.05) is 0 Å². The molecule has 0 radical (unpaired) electrons. The molecule has 1 N–H and O–H groups in total. The minimum absolute atomic E-state index is 0.443. The van der Waals surface area contributed by atoms with E-state index in [9.17, 15) is 0 Å². The van der Waals surface area contributed by atoms with Crippen LogP contribution in [0, 0.1) is 6.92 Å². The molecule has 0 aliphatic carbocycles. The van der Waals surface area contributed by atoms with Crippen LogP contribution in [0.4, 0.5) is 0 Å². The molecule has 2 aromatic heterocycles. The van der Waals surface area contributed by atoms with Gasteiger partial charge in [-0.3, -0.25) is 0 Å². The summed E-state index contributed by atoms with van der Waals surface area (Å²) in [6.07, 6.45) is 3.56. The number of aromatic nitrogens is 4. The Kier molecular flexibility index (Phi) is 3.49. The second kappa shape index (κ2) is 5.05. The van der Waals surface area contributed by atoms with E-state index in [2.05, 4.69) is 34.2 Å². The Morgan fingerprint density at radius 1 is 1.35 bits per heavy atom. The molecular formula is C12H17N5. The quantitative estimate of drug-likeness (QED) is 0.865. The Balaban J connectivity index is 2.24. The van der Waals surface area contributed by atoms with E-state index >= 15 is 0 Å². The molecule has 5 heteroatoms. The van der Waals surface area contributed by atoms with Gasteiger partial charge in [0.1, 0.15) is 0 Å². The second-order valence-electron chi connectivity index (χ2n) is 4.29. The Morgan fingerprint density at radius 3 is 2.82 bits per heavy atom. The third kappa shape index (κ3) is 3.10. The van der Waals surface area contributed by atoms with Gasteiger partial charge >= 0.3 is 0 Å². The van der Waals surface area contributed by atoms with Gasteiger partial charge in [0.15, 0.2) is 0 Å². The summed E-state index contributed by atoms with van der Waals surface area (Å²) < 4.78 is 1.67. The van der Waals surface area contributed by atoms with Crippen molar-refractivity contribution < 1.29 is 0 Å². The standard InChI is InChI=1S/C12H17N5/c1-9(2)13-8-11-7-10(3)15-12(16-11)17-6-4-5-14-17/h4-7,9,13H,8H2,1-3H3. The van der Waals surface area contributed by atoms with Crippen molar-refractivity contribution >= 4 is 0 Å². The van der Waals surface area contributed by atoms with Crippen molar-refractivity contribution in [2.45, 2.75) is 33.4 Å². The molecule has 17 heavy (non-hydrogen) atoms. The summed E-state index contributed by atoms with van der Waals surface area (Å²) >= 11 is 0. The fraction of sp³-hybridized carbons (Fsp3) is 0.417. The summed E-state index contributed by atoms with van der Waals surface area (Å²) in [6.45, 7) is 6.94. The monoisotopic (exact) mass is 231 g/mol. The first-order valence-corrected chi connectivity index (χ1v) is 5.73. The molecule has 2 heterocycles. The van der Waals surface area contributed by atoms with Crippen LogP contribution in [-0.2, 0) is 6.54 Å². The van der Waals surface area contributed by atoms with Crippen molar-refractivity contribution in [1.29, 1.82) is 0 Å². The Bertz CT molecular complexity index is 476. The molecule has 0 unspecified atom stereocenters. The maximum absolute atomic E-state index is 4.47. The van der Waals surface area contributed by atoms with Crippen molar-refractivity contribution in [3.8, 4) is 5.95 Å². The van der Waals surface area contributed by atoms with Gasteiger partial charge in [-0.25, -0.2) is 14.6 Å². The molecule has 0 spiro atoms. The van der Waals surface area contributed by atoms with Crippen LogP contribution in [0.25, 0.3) is 5.95 Å². The van der Waals surface area contributed by atoms with E-state index in [1.807, 2.05) is 25.3 Å². The van der Waals surface area contributed by atoms with Gasteiger partial charge in [-0.05, 0) is 19.1 Å². The molecule has 5 nitrogen and oxygen atoms in total. The molecule has 0 aliphatic heterocycles. The third-order valence-electron chi connectivity index (χ3n) is 2.30. The Labute approximate surface area is 101 Å². The highest BCUT2D eigenvalue weighted by molar-refractivity contribution is 5.18. The maximum atomic E-state index is 4.47. The van der Waals surface area contributed by atoms with Gasteiger partial charge in [0.2, 0.25) is 0 Å². The Morgan fingerprint density at radius 2 is 2.18 bits per heavy atom. The van der Waals surface area contributed by atoms with Crippen molar-refractivity contribution in [2.24, 2.45) is 0 Å². The molecule has 0 aromatic carbocycles. The summed E-state index contributed by atoms with van der Waals surface area (Å²) in [5.41, 5.74) is 1.93. The summed E-state index contributed by atoms with van der Waals surface area (Å²) in [6, 6.07) is 4.29. The van der Waals surface area contributed by atoms with Gasteiger partial charge in [-0.15, -0.1) is 0 Å². The van der Waals surface area contributed by atoms with E-state index in [-0.39, 0.29) is 0 Å². The Hall–Kier alpha value is -1.75. The fourth-order valence-corrected chi connectivity index (χ4v) is 1.51. The van der Waals surface area contributed by atoms with Crippen LogP contribution in [0.1, 0.15) is 25.2 Å². The van der Waals surface area contributed by atoms with Gasteiger partial charge in [-0.1, -0.05) is 13.8 Å². The molecule has 90 valence electrons. The van der Waals surface area contributed by atoms with Crippen LogP contribution < -0.4 is 5.32 Å². The number of hydrogen-bond donors (Lipinski definition) is 1. The average Bonchev–Trinajstić information content (AvgIpc) is 2.79. The van der Waals surface area contributed by atoms with Crippen molar-refractivity contribution in [3.05, 3.63) is 35.9 Å². The predicted octanol–water partition coefficient (Wildman–Crippen LogP) is 1.47. The lowest BCUT2D eigenvalue weighted by Crippen LogP contribution is -2.23. The minimum atomic E-state index is 0.443. The molecular weight excluding hydrogens is 214 g/mol. The fourth-order valence-electron chi connectivity index (χ4n) is 1.51. The molecule has 2 rings (SSSR count). The first-order valence-electron chi connectivity index (χ1n) is 5.73. The van der Waals surface area contributed by atoms with Crippen LogP contribution in [0.3, 0.4) is 0 Å². The smallest absolute Gasteiger partial charge is 0.250 e. The molecule has 0 saturated heterocycles. The zero-order valence-corrected chi connectivity index (χ0v) is 10.4.